The van der Waals surface area contributed by atoms with Gasteiger partial charge in [-0.15, -0.1) is 5.10 Å². The summed E-state index contributed by atoms with van der Waals surface area (Å²) in [6, 6.07) is 9.02. The van der Waals surface area contributed by atoms with Crippen molar-refractivity contribution in [1.29, 1.82) is 0 Å². The van der Waals surface area contributed by atoms with E-state index in [0.717, 1.165) is 30.5 Å². The lowest BCUT2D eigenvalue weighted by atomic mass is 10.1. The molecule has 1 fully saturated rings. The van der Waals surface area contributed by atoms with Crippen molar-refractivity contribution < 1.29 is 8.81 Å². The Morgan fingerprint density at radius 2 is 2.16 bits per heavy atom. The molecule has 31 heavy (non-hydrogen) atoms. The van der Waals surface area contributed by atoms with E-state index in [1.54, 1.807) is 30.5 Å². The maximum Gasteiger partial charge on any atom is 0.259 e. The van der Waals surface area contributed by atoms with Crippen LogP contribution in [-0.2, 0) is 6.54 Å². The standard InChI is InChI=1S/C21H23FN8O/c1-13-8-14(10-15(22)9-13)12-29-6-2-4-16(29)11-24-20-26-19(23)30-21(27-20)25-18(28-30)17-5-3-7-31-17/h3,5,7-10,16H,2,4,6,11-12H2,1H3,(H3,23,24,25,26,27,28). The van der Waals surface area contributed by atoms with Gasteiger partial charge in [0.15, 0.2) is 5.76 Å². The Morgan fingerprint density at radius 3 is 2.97 bits per heavy atom. The highest BCUT2D eigenvalue weighted by atomic mass is 19.1. The van der Waals surface area contributed by atoms with Crippen molar-refractivity contribution in [3.05, 3.63) is 53.5 Å². The average Bonchev–Trinajstić information content (AvgIpc) is 3.46. The third-order valence-corrected chi connectivity index (χ3v) is 5.46. The van der Waals surface area contributed by atoms with E-state index in [0.29, 0.717) is 42.4 Å². The van der Waals surface area contributed by atoms with E-state index in [9.17, 15) is 4.39 Å². The topological polar surface area (TPSA) is 110 Å². The minimum absolute atomic E-state index is 0.191. The maximum absolute atomic E-state index is 13.7. The number of nitrogen functional groups attached to an aromatic ring is 1. The SMILES string of the molecule is Cc1cc(F)cc(CN2CCCC2CNc2nc(N)n3nc(-c4ccco4)nc3n2)c1. The predicted octanol–water partition coefficient (Wildman–Crippen LogP) is 2.89. The Morgan fingerprint density at radius 1 is 1.26 bits per heavy atom. The second kappa shape index (κ2) is 7.95. The molecular formula is C21H23FN8O. The molecule has 0 aliphatic carbocycles. The van der Waals surface area contributed by atoms with Crippen LogP contribution in [0.15, 0.2) is 41.0 Å². The van der Waals surface area contributed by atoms with E-state index < -0.39 is 0 Å². The van der Waals surface area contributed by atoms with Crippen LogP contribution in [0.4, 0.5) is 16.3 Å². The van der Waals surface area contributed by atoms with Crippen molar-refractivity contribution in [3.8, 4) is 11.6 Å². The van der Waals surface area contributed by atoms with Crippen LogP contribution >= 0.6 is 0 Å². The van der Waals surface area contributed by atoms with E-state index in [2.05, 4.69) is 30.3 Å². The predicted molar refractivity (Wildman–Crippen MR) is 114 cm³/mol. The maximum atomic E-state index is 13.7. The molecule has 1 saturated heterocycles. The van der Waals surface area contributed by atoms with Crippen LogP contribution in [0.1, 0.15) is 24.0 Å². The number of nitrogens with two attached hydrogens (primary N) is 1. The van der Waals surface area contributed by atoms with E-state index >= 15 is 0 Å². The molecule has 160 valence electrons. The monoisotopic (exact) mass is 422 g/mol. The van der Waals surface area contributed by atoms with Crippen LogP contribution < -0.4 is 11.1 Å². The number of anilines is 2. The lowest BCUT2D eigenvalue weighted by Crippen LogP contribution is -2.34. The molecular weight excluding hydrogens is 399 g/mol. The molecule has 0 bridgehead atoms. The Balaban J connectivity index is 1.29. The van der Waals surface area contributed by atoms with Crippen LogP contribution in [0.5, 0.6) is 0 Å². The first kappa shape index (κ1) is 19.4. The van der Waals surface area contributed by atoms with E-state index in [1.165, 1.54) is 4.52 Å². The third-order valence-electron chi connectivity index (χ3n) is 5.46. The van der Waals surface area contributed by atoms with Crippen LogP contribution in [0.3, 0.4) is 0 Å². The number of furan rings is 1. The molecule has 1 aliphatic heterocycles. The van der Waals surface area contributed by atoms with Gasteiger partial charge in [0, 0.05) is 19.1 Å². The number of aromatic nitrogens is 5. The fraction of sp³-hybridized carbons (Fsp3) is 0.333. The summed E-state index contributed by atoms with van der Waals surface area (Å²) in [6.07, 6.45) is 3.70. The van der Waals surface area contributed by atoms with Crippen molar-refractivity contribution in [2.45, 2.75) is 32.4 Å². The molecule has 1 aliphatic rings. The van der Waals surface area contributed by atoms with Gasteiger partial charge >= 0.3 is 0 Å². The second-order valence-corrected chi connectivity index (χ2v) is 7.81. The Bertz CT molecular complexity index is 1190. The summed E-state index contributed by atoms with van der Waals surface area (Å²) in [5.41, 5.74) is 7.98. The molecule has 1 aromatic carbocycles. The highest BCUT2D eigenvalue weighted by molar-refractivity contribution is 5.52. The van der Waals surface area contributed by atoms with Gasteiger partial charge in [-0.25, -0.2) is 4.39 Å². The van der Waals surface area contributed by atoms with Gasteiger partial charge in [-0.3, -0.25) is 4.90 Å². The molecule has 4 aromatic rings. The van der Waals surface area contributed by atoms with Crippen molar-refractivity contribution in [3.63, 3.8) is 0 Å². The van der Waals surface area contributed by atoms with Crippen molar-refractivity contribution in [2.24, 2.45) is 0 Å². The quantitative estimate of drug-likeness (QED) is 0.488. The van der Waals surface area contributed by atoms with Gasteiger partial charge < -0.3 is 15.5 Å². The summed E-state index contributed by atoms with van der Waals surface area (Å²) in [4.78, 5) is 15.5. The summed E-state index contributed by atoms with van der Waals surface area (Å²) < 4.78 is 20.5. The Hall–Kier alpha value is -3.53. The minimum Gasteiger partial charge on any atom is -0.461 e. The van der Waals surface area contributed by atoms with Crippen molar-refractivity contribution in [1.82, 2.24) is 29.5 Å². The van der Waals surface area contributed by atoms with Gasteiger partial charge in [-0.2, -0.15) is 19.5 Å². The molecule has 9 nitrogen and oxygen atoms in total. The molecule has 4 heterocycles. The molecule has 1 atom stereocenters. The van der Waals surface area contributed by atoms with Crippen LogP contribution in [0.25, 0.3) is 17.4 Å². The van der Waals surface area contributed by atoms with Gasteiger partial charge in [-0.1, -0.05) is 6.07 Å². The number of rotatable bonds is 6. The summed E-state index contributed by atoms with van der Waals surface area (Å²) in [7, 11) is 0. The third kappa shape index (κ3) is 4.06. The van der Waals surface area contributed by atoms with Gasteiger partial charge in [0.05, 0.1) is 6.26 Å². The zero-order valence-corrected chi connectivity index (χ0v) is 17.1. The largest absolute Gasteiger partial charge is 0.461 e. The summed E-state index contributed by atoms with van der Waals surface area (Å²) in [6.45, 7) is 4.25. The fourth-order valence-corrected chi connectivity index (χ4v) is 4.08. The first-order chi connectivity index (χ1) is 15.0. The number of nitrogens with zero attached hydrogens (tertiary/aromatic N) is 6. The van der Waals surface area contributed by atoms with E-state index in [4.69, 9.17) is 10.2 Å². The number of nitrogens with one attached hydrogen (secondary N) is 1. The number of aryl methyl sites for hydroxylation is 1. The molecule has 3 N–H and O–H groups in total. The Kier molecular flexibility index (Phi) is 4.99. The number of halogens is 1. The molecule has 10 heteroatoms. The molecule has 5 rings (SSSR count). The number of benzene rings is 1. The van der Waals surface area contributed by atoms with Gasteiger partial charge in [0.1, 0.15) is 5.82 Å². The smallest absolute Gasteiger partial charge is 0.259 e. The normalized spacial score (nSPS) is 16.9. The molecule has 0 spiro atoms. The lowest BCUT2D eigenvalue weighted by molar-refractivity contribution is 0.253. The van der Waals surface area contributed by atoms with Gasteiger partial charge in [0.25, 0.3) is 5.78 Å². The first-order valence-corrected chi connectivity index (χ1v) is 10.2. The minimum atomic E-state index is -0.191. The van der Waals surface area contributed by atoms with E-state index in [-0.39, 0.29) is 11.8 Å². The van der Waals surface area contributed by atoms with Crippen LogP contribution in [0, 0.1) is 12.7 Å². The van der Waals surface area contributed by atoms with Crippen LogP contribution in [0.2, 0.25) is 0 Å². The summed E-state index contributed by atoms with van der Waals surface area (Å²) in [5.74, 6) is 1.68. The molecule has 3 aromatic heterocycles. The number of hydrogen-bond acceptors (Lipinski definition) is 8. The average molecular weight is 422 g/mol. The molecule has 0 saturated carbocycles. The van der Waals surface area contributed by atoms with Crippen molar-refractivity contribution in [2.75, 3.05) is 24.1 Å². The highest BCUT2D eigenvalue weighted by Crippen LogP contribution is 2.22. The number of fused-ring (bicyclic) bond motifs is 1. The summed E-state index contributed by atoms with van der Waals surface area (Å²) in [5, 5.41) is 7.58. The zero-order chi connectivity index (χ0) is 21.4. The number of likely N-dealkylation sites (tertiary alicyclic amines) is 1. The second-order valence-electron chi connectivity index (χ2n) is 7.81. The van der Waals surface area contributed by atoms with Gasteiger partial charge in [-0.05, 0) is 61.7 Å². The van der Waals surface area contributed by atoms with Crippen LogP contribution in [-0.4, -0.2) is 48.6 Å². The lowest BCUT2D eigenvalue weighted by Gasteiger charge is -2.25. The summed E-state index contributed by atoms with van der Waals surface area (Å²) >= 11 is 0. The van der Waals surface area contributed by atoms with E-state index in [1.807, 2.05) is 13.0 Å². The highest BCUT2D eigenvalue weighted by Gasteiger charge is 2.25. The number of hydrogen-bond donors (Lipinski definition) is 2. The molecule has 0 radical (unpaired) electrons. The Labute approximate surface area is 178 Å². The first-order valence-electron chi connectivity index (χ1n) is 10.2. The fourth-order valence-electron chi connectivity index (χ4n) is 4.08. The van der Waals surface area contributed by atoms with Crippen molar-refractivity contribution >= 4 is 17.7 Å². The molecule has 1 unspecified atom stereocenters. The van der Waals surface area contributed by atoms with Gasteiger partial charge in [0.2, 0.25) is 17.7 Å². The zero-order valence-electron chi connectivity index (χ0n) is 17.1. The molecule has 0 amide bonds.